The molecule has 6 nitrogen and oxygen atoms in total. The molecule has 0 radical (unpaired) electrons. The SMILES string of the molecule is NC(=O)COc1ccc(C=Nc2ccc3c(c2)OCO3)cc1. The van der Waals surface area contributed by atoms with Gasteiger partial charge in [-0.2, -0.15) is 0 Å². The Morgan fingerprint density at radius 1 is 1.18 bits per heavy atom. The highest BCUT2D eigenvalue weighted by Gasteiger charge is 2.12. The molecule has 112 valence electrons. The third-order valence-corrected chi connectivity index (χ3v) is 2.98. The predicted molar refractivity (Wildman–Crippen MR) is 81.0 cm³/mol. The van der Waals surface area contributed by atoms with E-state index in [0.29, 0.717) is 11.5 Å². The van der Waals surface area contributed by atoms with Crippen molar-refractivity contribution in [1.82, 2.24) is 0 Å². The number of ether oxygens (including phenoxy) is 3. The van der Waals surface area contributed by atoms with Crippen LogP contribution in [0.2, 0.25) is 0 Å². The van der Waals surface area contributed by atoms with Crippen LogP contribution in [0.1, 0.15) is 5.56 Å². The van der Waals surface area contributed by atoms with Gasteiger partial charge < -0.3 is 19.9 Å². The lowest BCUT2D eigenvalue weighted by Gasteiger charge is -2.03. The molecule has 2 N–H and O–H groups in total. The van der Waals surface area contributed by atoms with E-state index >= 15 is 0 Å². The molecule has 0 saturated heterocycles. The van der Waals surface area contributed by atoms with Crippen molar-refractivity contribution in [2.75, 3.05) is 13.4 Å². The summed E-state index contributed by atoms with van der Waals surface area (Å²) in [6, 6.07) is 12.7. The Bertz CT molecular complexity index is 711. The van der Waals surface area contributed by atoms with E-state index in [4.69, 9.17) is 19.9 Å². The second-order valence-electron chi connectivity index (χ2n) is 4.62. The molecule has 0 aromatic heterocycles. The van der Waals surface area contributed by atoms with Gasteiger partial charge in [-0.3, -0.25) is 9.79 Å². The number of rotatable bonds is 5. The molecule has 0 unspecified atom stereocenters. The van der Waals surface area contributed by atoms with Crippen LogP contribution in [0.25, 0.3) is 0 Å². The quantitative estimate of drug-likeness (QED) is 0.856. The molecule has 6 heteroatoms. The fourth-order valence-electron chi connectivity index (χ4n) is 1.92. The molecule has 1 aliphatic rings. The van der Waals surface area contributed by atoms with Gasteiger partial charge in [0.2, 0.25) is 6.79 Å². The van der Waals surface area contributed by atoms with Gasteiger partial charge in [-0.05, 0) is 42.0 Å². The zero-order valence-corrected chi connectivity index (χ0v) is 11.7. The van der Waals surface area contributed by atoms with Crippen LogP contribution in [0.5, 0.6) is 17.2 Å². The second kappa shape index (κ2) is 6.17. The Labute approximate surface area is 127 Å². The van der Waals surface area contributed by atoms with Crippen LogP contribution in [0.3, 0.4) is 0 Å². The van der Waals surface area contributed by atoms with E-state index in [1.54, 1.807) is 18.3 Å². The summed E-state index contributed by atoms with van der Waals surface area (Å²) in [4.78, 5) is 15.0. The average molecular weight is 298 g/mol. The number of aliphatic imine (C=N–C) groups is 1. The van der Waals surface area contributed by atoms with Crippen LogP contribution in [0.4, 0.5) is 5.69 Å². The summed E-state index contributed by atoms with van der Waals surface area (Å²) in [5, 5.41) is 0. The van der Waals surface area contributed by atoms with E-state index in [1.165, 1.54) is 0 Å². The van der Waals surface area contributed by atoms with Crippen LogP contribution in [0, 0.1) is 0 Å². The molecule has 2 aromatic rings. The zero-order chi connectivity index (χ0) is 15.4. The minimum absolute atomic E-state index is 0.134. The molecule has 1 heterocycles. The lowest BCUT2D eigenvalue weighted by Crippen LogP contribution is -2.19. The number of carbonyl (C=O) groups is 1. The first-order valence-electron chi connectivity index (χ1n) is 6.65. The van der Waals surface area contributed by atoms with Crippen LogP contribution in [-0.4, -0.2) is 25.5 Å². The molecule has 0 saturated carbocycles. The molecule has 1 amide bonds. The summed E-state index contributed by atoms with van der Waals surface area (Å²) in [6.45, 7) is 0.111. The lowest BCUT2D eigenvalue weighted by atomic mass is 10.2. The fraction of sp³-hybridized carbons (Fsp3) is 0.125. The topological polar surface area (TPSA) is 83.1 Å². The predicted octanol–water partition coefficient (Wildman–Crippen LogP) is 2.03. The Morgan fingerprint density at radius 3 is 2.73 bits per heavy atom. The number of hydrogen-bond acceptors (Lipinski definition) is 5. The summed E-state index contributed by atoms with van der Waals surface area (Å²) in [5.41, 5.74) is 6.70. The van der Waals surface area contributed by atoms with Crippen molar-refractivity contribution in [2.45, 2.75) is 0 Å². The first kappa shape index (κ1) is 13.9. The number of hydrogen-bond donors (Lipinski definition) is 1. The Morgan fingerprint density at radius 2 is 1.95 bits per heavy atom. The van der Waals surface area contributed by atoms with E-state index in [2.05, 4.69) is 4.99 Å². The highest BCUT2D eigenvalue weighted by Crippen LogP contribution is 2.35. The van der Waals surface area contributed by atoms with Gasteiger partial charge in [-0.15, -0.1) is 0 Å². The van der Waals surface area contributed by atoms with E-state index < -0.39 is 5.91 Å². The van der Waals surface area contributed by atoms with Crippen molar-refractivity contribution in [1.29, 1.82) is 0 Å². The molecule has 0 fully saturated rings. The second-order valence-corrected chi connectivity index (χ2v) is 4.62. The number of benzene rings is 2. The highest BCUT2D eigenvalue weighted by molar-refractivity contribution is 5.82. The minimum Gasteiger partial charge on any atom is -0.484 e. The minimum atomic E-state index is -0.506. The molecule has 2 aromatic carbocycles. The summed E-state index contributed by atoms with van der Waals surface area (Å²) in [7, 11) is 0. The smallest absolute Gasteiger partial charge is 0.255 e. The van der Waals surface area contributed by atoms with Gasteiger partial charge >= 0.3 is 0 Å². The number of carbonyl (C=O) groups excluding carboxylic acids is 1. The van der Waals surface area contributed by atoms with Gasteiger partial charge in [0, 0.05) is 12.3 Å². The van der Waals surface area contributed by atoms with Gasteiger partial charge in [-0.1, -0.05) is 0 Å². The van der Waals surface area contributed by atoms with Crippen LogP contribution >= 0.6 is 0 Å². The Hall–Kier alpha value is -3.02. The lowest BCUT2D eigenvalue weighted by molar-refractivity contribution is -0.119. The maximum absolute atomic E-state index is 10.6. The summed E-state index contributed by atoms with van der Waals surface area (Å²) < 4.78 is 15.7. The number of amides is 1. The van der Waals surface area contributed by atoms with E-state index in [1.807, 2.05) is 30.3 Å². The number of nitrogens with zero attached hydrogens (tertiary/aromatic N) is 1. The number of primary amides is 1. The molecule has 1 aliphatic heterocycles. The van der Waals surface area contributed by atoms with E-state index in [9.17, 15) is 4.79 Å². The Balaban J connectivity index is 1.66. The number of nitrogens with two attached hydrogens (primary N) is 1. The average Bonchev–Trinajstić information content (AvgIpc) is 2.99. The van der Waals surface area contributed by atoms with Crippen LogP contribution in [0.15, 0.2) is 47.5 Å². The molecule has 0 aliphatic carbocycles. The monoisotopic (exact) mass is 298 g/mol. The summed E-state index contributed by atoms with van der Waals surface area (Å²) in [6.07, 6.45) is 1.73. The standard InChI is InChI=1S/C16H14N2O4/c17-16(19)9-20-13-4-1-11(2-5-13)8-18-12-3-6-14-15(7-12)22-10-21-14/h1-8H,9-10H2,(H2,17,19). The van der Waals surface area contributed by atoms with Crippen molar-refractivity contribution in [3.63, 3.8) is 0 Å². The van der Waals surface area contributed by atoms with Crippen LogP contribution in [-0.2, 0) is 4.79 Å². The normalized spacial score (nSPS) is 12.5. The van der Waals surface area contributed by atoms with Crippen molar-refractivity contribution in [2.24, 2.45) is 10.7 Å². The molecule has 3 rings (SSSR count). The largest absolute Gasteiger partial charge is 0.484 e. The van der Waals surface area contributed by atoms with Gasteiger partial charge in [-0.25, -0.2) is 0 Å². The molecular weight excluding hydrogens is 284 g/mol. The van der Waals surface area contributed by atoms with E-state index in [0.717, 1.165) is 17.0 Å². The maximum atomic E-state index is 10.6. The van der Waals surface area contributed by atoms with Crippen molar-refractivity contribution in [3.05, 3.63) is 48.0 Å². The van der Waals surface area contributed by atoms with Gasteiger partial charge in [0.15, 0.2) is 18.1 Å². The Kier molecular flexibility index (Phi) is 3.91. The fourth-order valence-corrected chi connectivity index (χ4v) is 1.92. The third kappa shape index (κ3) is 3.35. The van der Waals surface area contributed by atoms with Gasteiger partial charge in [0.1, 0.15) is 5.75 Å². The van der Waals surface area contributed by atoms with Crippen molar-refractivity contribution < 1.29 is 19.0 Å². The summed E-state index contributed by atoms with van der Waals surface area (Å²) >= 11 is 0. The summed E-state index contributed by atoms with van der Waals surface area (Å²) in [5.74, 6) is 1.51. The highest BCUT2D eigenvalue weighted by atomic mass is 16.7. The van der Waals surface area contributed by atoms with Crippen molar-refractivity contribution in [3.8, 4) is 17.2 Å². The van der Waals surface area contributed by atoms with Crippen molar-refractivity contribution >= 4 is 17.8 Å². The first-order valence-corrected chi connectivity index (χ1v) is 6.65. The third-order valence-electron chi connectivity index (χ3n) is 2.98. The molecule has 0 bridgehead atoms. The van der Waals surface area contributed by atoms with Gasteiger partial charge in [0.05, 0.1) is 5.69 Å². The van der Waals surface area contributed by atoms with Gasteiger partial charge in [0.25, 0.3) is 5.91 Å². The molecule has 0 atom stereocenters. The van der Waals surface area contributed by atoms with Crippen LogP contribution < -0.4 is 19.9 Å². The first-order chi connectivity index (χ1) is 10.7. The zero-order valence-electron chi connectivity index (χ0n) is 11.7. The molecule has 22 heavy (non-hydrogen) atoms. The molecular formula is C16H14N2O4. The number of fused-ring (bicyclic) bond motifs is 1. The van der Waals surface area contributed by atoms with E-state index in [-0.39, 0.29) is 13.4 Å². The maximum Gasteiger partial charge on any atom is 0.255 e. The molecule has 0 spiro atoms.